The topological polar surface area (TPSA) is 215 Å². The third kappa shape index (κ3) is 12.6. The summed E-state index contributed by atoms with van der Waals surface area (Å²) in [6.07, 6.45) is 3.48. The average Bonchev–Trinajstić information content (AvgIpc) is 2.79. The van der Waals surface area contributed by atoms with Gasteiger partial charge in [-0.15, -0.1) is 0 Å². The Bertz CT molecular complexity index is 731. The van der Waals surface area contributed by atoms with E-state index in [1.807, 2.05) is 20.1 Å². The Hall–Kier alpha value is -2.54. The smallest absolute Gasteiger partial charge is 0.326 e. The molecule has 0 fully saturated rings. The highest BCUT2D eigenvalue weighted by atomic mass is 32.2. The van der Waals surface area contributed by atoms with Gasteiger partial charge in [0.05, 0.1) is 6.04 Å². The second-order valence-electron chi connectivity index (χ2n) is 8.84. The van der Waals surface area contributed by atoms with Crippen LogP contribution in [-0.2, 0) is 19.2 Å². The quantitative estimate of drug-likeness (QED) is 0.0740. The molecule has 0 radical (unpaired) electrons. The predicted molar refractivity (Wildman–Crippen MR) is 139 cm³/mol. The Labute approximate surface area is 212 Å². The van der Waals surface area contributed by atoms with Crippen molar-refractivity contribution in [2.24, 2.45) is 34.0 Å². The summed E-state index contributed by atoms with van der Waals surface area (Å²) < 4.78 is 0. The van der Waals surface area contributed by atoms with Crippen LogP contribution in [0.5, 0.6) is 0 Å². The normalized spacial score (nSPS) is 15.3. The molecule has 5 unspecified atom stereocenters. The lowest BCUT2D eigenvalue weighted by molar-refractivity contribution is -0.143. The third-order valence-corrected chi connectivity index (χ3v) is 6.22. The van der Waals surface area contributed by atoms with Gasteiger partial charge in [0.25, 0.3) is 0 Å². The van der Waals surface area contributed by atoms with Crippen LogP contribution in [-0.4, -0.2) is 77.5 Å². The molecule has 12 nitrogen and oxygen atoms in total. The van der Waals surface area contributed by atoms with Gasteiger partial charge in [-0.3, -0.25) is 19.4 Å². The van der Waals surface area contributed by atoms with Crippen LogP contribution in [0.4, 0.5) is 0 Å². The number of aliphatic carboxylic acids is 1. The molecule has 0 aliphatic heterocycles. The van der Waals surface area contributed by atoms with Gasteiger partial charge in [-0.1, -0.05) is 34.1 Å². The highest BCUT2D eigenvalue weighted by Crippen LogP contribution is 2.11. The molecule has 0 heterocycles. The monoisotopic (exact) mass is 517 g/mol. The van der Waals surface area contributed by atoms with Crippen LogP contribution in [0.15, 0.2) is 4.99 Å². The second-order valence-corrected chi connectivity index (χ2v) is 9.82. The van der Waals surface area contributed by atoms with E-state index in [1.54, 1.807) is 25.6 Å². The van der Waals surface area contributed by atoms with Crippen LogP contribution in [0.2, 0.25) is 0 Å². The molecule has 0 aromatic rings. The van der Waals surface area contributed by atoms with Gasteiger partial charge >= 0.3 is 5.97 Å². The molecule has 0 aromatic heterocycles. The number of hydrogen-bond acceptors (Lipinski definition) is 7. The number of nitrogens with two attached hydrogens (primary N) is 3. The van der Waals surface area contributed by atoms with E-state index in [4.69, 9.17) is 17.2 Å². The summed E-state index contributed by atoms with van der Waals surface area (Å²) in [5.41, 5.74) is 16.6. The summed E-state index contributed by atoms with van der Waals surface area (Å²) >= 11 is 1.56. The number of nitrogens with one attached hydrogen (secondary N) is 3. The molecule has 3 amide bonds. The number of carboxylic acids is 1. The minimum absolute atomic E-state index is 0.0989. The molecular formula is C22H43N7O5S. The van der Waals surface area contributed by atoms with E-state index < -0.39 is 47.9 Å². The molecular weight excluding hydrogens is 474 g/mol. The summed E-state index contributed by atoms with van der Waals surface area (Å²) in [7, 11) is 0. The summed E-state index contributed by atoms with van der Waals surface area (Å²) in [6.45, 7) is 7.25. The third-order valence-electron chi connectivity index (χ3n) is 5.57. The average molecular weight is 518 g/mol. The van der Waals surface area contributed by atoms with Crippen molar-refractivity contribution >= 4 is 41.4 Å². The van der Waals surface area contributed by atoms with Gasteiger partial charge in [0.2, 0.25) is 17.7 Å². The number of carbonyl (C=O) groups excluding carboxylic acids is 3. The van der Waals surface area contributed by atoms with E-state index in [0.29, 0.717) is 25.0 Å². The second kappa shape index (κ2) is 17.0. The van der Waals surface area contributed by atoms with Gasteiger partial charge < -0.3 is 38.3 Å². The lowest BCUT2D eigenvalue weighted by Crippen LogP contribution is -2.59. The number of thioether (sulfide) groups is 1. The fourth-order valence-electron chi connectivity index (χ4n) is 3.14. The molecule has 0 rings (SSSR count). The van der Waals surface area contributed by atoms with Crippen LogP contribution in [0.3, 0.4) is 0 Å². The van der Waals surface area contributed by atoms with Crippen LogP contribution >= 0.6 is 11.8 Å². The van der Waals surface area contributed by atoms with E-state index in [2.05, 4.69) is 20.9 Å². The zero-order valence-corrected chi connectivity index (χ0v) is 22.2. The number of hydrogen-bond donors (Lipinski definition) is 7. The lowest BCUT2D eigenvalue weighted by atomic mass is 9.97. The molecule has 13 heteroatoms. The standard InChI is InChI=1S/C22H43N7O5S/c1-6-13(4)17(29-18(30)14(23)9-11-35-5)20(32)27-15(8-7-10-26-22(24)25)19(31)28-16(12(2)3)21(33)34/h12-17H,6-11,23H2,1-5H3,(H,27,32)(H,28,31)(H,29,30)(H,33,34)(H4,24,25,26). The molecule has 0 bridgehead atoms. The van der Waals surface area contributed by atoms with Gasteiger partial charge in [0.15, 0.2) is 5.96 Å². The Morgan fingerprint density at radius 1 is 0.943 bits per heavy atom. The highest BCUT2D eigenvalue weighted by Gasteiger charge is 2.32. The van der Waals surface area contributed by atoms with E-state index in [-0.39, 0.29) is 30.8 Å². The van der Waals surface area contributed by atoms with Crippen LogP contribution < -0.4 is 33.2 Å². The first-order valence-electron chi connectivity index (χ1n) is 11.8. The number of carbonyl (C=O) groups is 4. The number of amides is 3. The number of rotatable bonds is 17. The minimum Gasteiger partial charge on any atom is -0.480 e. The molecule has 5 atom stereocenters. The Morgan fingerprint density at radius 3 is 2.03 bits per heavy atom. The number of aliphatic imine (C=N–C) groups is 1. The predicted octanol–water partition coefficient (Wildman–Crippen LogP) is -0.638. The zero-order valence-electron chi connectivity index (χ0n) is 21.4. The van der Waals surface area contributed by atoms with Crippen LogP contribution in [0.1, 0.15) is 53.4 Å². The van der Waals surface area contributed by atoms with Gasteiger partial charge in [-0.2, -0.15) is 11.8 Å². The van der Waals surface area contributed by atoms with Crippen molar-refractivity contribution in [2.75, 3.05) is 18.6 Å². The molecule has 202 valence electrons. The maximum Gasteiger partial charge on any atom is 0.326 e. The first-order chi connectivity index (χ1) is 16.3. The van der Waals surface area contributed by atoms with E-state index in [9.17, 15) is 24.3 Å². The fourth-order valence-corrected chi connectivity index (χ4v) is 3.63. The SMILES string of the molecule is CCC(C)C(NC(=O)C(N)CCSC)C(=O)NC(CCCN=C(N)N)C(=O)NC(C(=O)O)C(C)C. The Morgan fingerprint density at radius 2 is 1.54 bits per heavy atom. The van der Waals surface area contributed by atoms with E-state index in [0.717, 1.165) is 0 Å². The highest BCUT2D eigenvalue weighted by molar-refractivity contribution is 7.98. The van der Waals surface area contributed by atoms with Crippen molar-refractivity contribution in [1.82, 2.24) is 16.0 Å². The summed E-state index contributed by atoms with van der Waals surface area (Å²) in [4.78, 5) is 54.1. The van der Waals surface area contributed by atoms with E-state index in [1.165, 1.54) is 0 Å². The van der Waals surface area contributed by atoms with Crippen LogP contribution in [0, 0.1) is 11.8 Å². The van der Waals surface area contributed by atoms with Crippen molar-refractivity contribution in [3.05, 3.63) is 0 Å². The van der Waals surface area contributed by atoms with Gasteiger partial charge in [0.1, 0.15) is 18.1 Å². The van der Waals surface area contributed by atoms with E-state index >= 15 is 0 Å². The van der Waals surface area contributed by atoms with Crippen molar-refractivity contribution in [3.8, 4) is 0 Å². The summed E-state index contributed by atoms with van der Waals surface area (Å²) in [5, 5.41) is 17.3. The van der Waals surface area contributed by atoms with Gasteiger partial charge in [-0.25, -0.2) is 4.79 Å². The minimum atomic E-state index is -1.18. The molecule has 0 saturated carbocycles. The van der Waals surface area contributed by atoms with Crippen molar-refractivity contribution < 1.29 is 24.3 Å². The molecule has 0 aliphatic rings. The molecule has 0 aromatic carbocycles. The number of guanidine groups is 1. The fraction of sp³-hybridized carbons (Fsp3) is 0.773. The van der Waals surface area contributed by atoms with Crippen LogP contribution in [0.25, 0.3) is 0 Å². The Kier molecular flexibility index (Phi) is 15.7. The first-order valence-corrected chi connectivity index (χ1v) is 13.2. The molecule has 0 saturated heterocycles. The summed E-state index contributed by atoms with van der Waals surface area (Å²) in [6, 6.07) is -3.85. The first kappa shape index (κ1) is 32.5. The van der Waals surface area contributed by atoms with Crippen molar-refractivity contribution in [1.29, 1.82) is 0 Å². The largest absolute Gasteiger partial charge is 0.480 e. The maximum absolute atomic E-state index is 13.2. The molecule has 0 spiro atoms. The molecule has 0 aliphatic carbocycles. The van der Waals surface area contributed by atoms with Gasteiger partial charge in [-0.05, 0) is 43.1 Å². The lowest BCUT2D eigenvalue weighted by Gasteiger charge is -2.28. The van der Waals surface area contributed by atoms with Gasteiger partial charge in [0, 0.05) is 6.54 Å². The summed E-state index contributed by atoms with van der Waals surface area (Å²) in [5.74, 6) is -2.82. The van der Waals surface area contributed by atoms with Crippen molar-refractivity contribution in [2.45, 2.75) is 77.5 Å². The molecule has 35 heavy (non-hydrogen) atoms. The molecule has 10 N–H and O–H groups in total. The number of nitrogens with zero attached hydrogens (tertiary/aromatic N) is 1. The Balaban J connectivity index is 5.62. The maximum atomic E-state index is 13.2. The van der Waals surface area contributed by atoms with Crippen molar-refractivity contribution in [3.63, 3.8) is 0 Å². The zero-order chi connectivity index (χ0) is 27.1. The number of carboxylic acid groups (broad SMARTS) is 1.